The van der Waals surface area contributed by atoms with Crippen molar-refractivity contribution in [1.82, 2.24) is 4.90 Å². The Labute approximate surface area is 251 Å². The van der Waals surface area contributed by atoms with Crippen molar-refractivity contribution < 1.29 is 64.7 Å². The topological polar surface area (TPSA) is 287 Å². The number of unbranched alkanes of at least 4 members (excludes halogenated alkanes) is 1. The van der Waals surface area contributed by atoms with Gasteiger partial charge in [0.1, 0.15) is 65.7 Å². The SMILES string of the molecule is NCCCC[C@@H](C(N)=O)N(C(=O)CCS[C@H]1O[C@H](CO)[C@@H](O)[C@H](O)[C@@H]1O)C(=O)CCS[C@H]1O[C@H](CO)[C@@H](O)[C@H](O)[C@@H]1O. The molecule has 2 fully saturated rings. The van der Waals surface area contributed by atoms with Crippen LogP contribution in [0.15, 0.2) is 0 Å². The molecule has 18 heteroatoms. The maximum atomic E-state index is 13.3. The zero-order chi connectivity index (χ0) is 31.6. The summed E-state index contributed by atoms with van der Waals surface area (Å²) in [4.78, 5) is 39.6. The zero-order valence-electron chi connectivity index (χ0n) is 23.0. The molecule has 0 aromatic carbocycles. The number of amides is 3. The molecule has 0 radical (unpaired) electrons. The molecule has 244 valence electrons. The van der Waals surface area contributed by atoms with E-state index in [4.69, 9.17) is 20.9 Å². The number of carbonyl (C=O) groups is 3. The first kappa shape index (κ1) is 37.1. The highest BCUT2D eigenvalue weighted by atomic mass is 32.2. The van der Waals surface area contributed by atoms with Crippen molar-refractivity contribution in [2.75, 3.05) is 31.3 Å². The standard InChI is InChI=1S/C24H43N3O13S2/c25-6-2-1-3-11(22(26)38)27(14(30)4-7-41-23-20(36)18(34)16(32)12(9-28)39-23)15(31)5-8-42-24-21(37)19(35)17(33)13(10-29)40-24/h11-13,16-21,23-24,28-29,32-37H,1-10,25H2,(H2,26,38)/t11-,12+,13+,16+,17+,18-,19-,20-,21-,23+,24+/m0/s1. The second-order valence-electron chi connectivity index (χ2n) is 10.00. The summed E-state index contributed by atoms with van der Waals surface area (Å²) in [5.41, 5.74) is 8.90. The van der Waals surface area contributed by atoms with Crippen molar-refractivity contribution in [1.29, 1.82) is 0 Å². The Morgan fingerprint density at radius 3 is 1.50 bits per heavy atom. The van der Waals surface area contributed by atoms with Crippen LogP contribution in [0.2, 0.25) is 0 Å². The van der Waals surface area contributed by atoms with Gasteiger partial charge in [-0.2, -0.15) is 0 Å². The van der Waals surface area contributed by atoms with Gasteiger partial charge in [-0.3, -0.25) is 19.3 Å². The maximum Gasteiger partial charge on any atom is 0.240 e. The van der Waals surface area contributed by atoms with Crippen LogP contribution in [0, 0.1) is 0 Å². The Balaban J connectivity index is 2.07. The van der Waals surface area contributed by atoms with Crippen LogP contribution in [0.25, 0.3) is 0 Å². The third-order valence-electron chi connectivity index (χ3n) is 7.00. The lowest BCUT2D eigenvalue weighted by Gasteiger charge is -2.39. The summed E-state index contributed by atoms with van der Waals surface area (Å²) in [5.74, 6) is -2.45. The van der Waals surface area contributed by atoms with Gasteiger partial charge in [0, 0.05) is 24.3 Å². The molecular formula is C24H43N3O13S2. The number of nitrogens with zero attached hydrogens (tertiary/aromatic N) is 1. The second kappa shape index (κ2) is 18.0. The first-order valence-corrected chi connectivity index (χ1v) is 15.7. The summed E-state index contributed by atoms with van der Waals surface area (Å²) in [7, 11) is 0. The molecular weight excluding hydrogens is 602 g/mol. The van der Waals surface area contributed by atoms with Crippen molar-refractivity contribution in [3.05, 3.63) is 0 Å². The predicted molar refractivity (Wildman–Crippen MR) is 149 cm³/mol. The van der Waals surface area contributed by atoms with Crippen LogP contribution in [0.5, 0.6) is 0 Å². The molecule has 11 atom stereocenters. The summed E-state index contributed by atoms with van der Waals surface area (Å²) >= 11 is 1.82. The van der Waals surface area contributed by atoms with Crippen molar-refractivity contribution in [2.24, 2.45) is 11.5 Å². The summed E-state index contributed by atoms with van der Waals surface area (Å²) in [6.45, 7) is -0.917. The van der Waals surface area contributed by atoms with Crippen molar-refractivity contribution in [3.8, 4) is 0 Å². The number of imide groups is 1. The molecule has 2 aliphatic heterocycles. The quantitative estimate of drug-likeness (QED) is 0.0704. The first-order chi connectivity index (χ1) is 19.9. The van der Waals surface area contributed by atoms with E-state index in [1.807, 2.05) is 0 Å². The second-order valence-corrected chi connectivity index (χ2v) is 12.4. The maximum absolute atomic E-state index is 13.3. The van der Waals surface area contributed by atoms with E-state index in [1.165, 1.54) is 0 Å². The Morgan fingerprint density at radius 1 is 0.714 bits per heavy atom. The number of hydrogen-bond donors (Lipinski definition) is 10. The number of hydrogen-bond acceptors (Lipinski definition) is 16. The van der Waals surface area contributed by atoms with Gasteiger partial charge in [-0.1, -0.05) is 0 Å². The molecule has 3 amide bonds. The lowest BCUT2D eigenvalue weighted by atomic mass is 10.0. The molecule has 0 aromatic heterocycles. The monoisotopic (exact) mass is 645 g/mol. The summed E-state index contributed by atoms with van der Waals surface area (Å²) < 4.78 is 10.8. The van der Waals surface area contributed by atoms with E-state index in [1.54, 1.807) is 0 Å². The van der Waals surface area contributed by atoms with Crippen molar-refractivity contribution in [3.63, 3.8) is 0 Å². The number of aliphatic hydroxyl groups excluding tert-OH is 8. The van der Waals surface area contributed by atoms with Gasteiger partial charge in [0.2, 0.25) is 17.7 Å². The van der Waals surface area contributed by atoms with Crippen LogP contribution in [0.1, 0.15) is 32.1 Å². The minimum absolute atomic E-state index is 0.0286. The van der Waals surface area contributed by atoms with Gasteiger partial charge in [-0.25, -0.2) is 0 Å². The first-order valence-electron chi connectivity index (χ1n) is 13.6. The smallest absolute Gasteiger partial charge is 0.240 e. The fraction of sp³-hybridized carbons (Fsp3) is 0.875. The van der Waals surface area contributed by atoms with E-state index in [9.17, 15) is 55.2 Å². The molecule has 2 aliphatic rings. The molecule has 0 saturated carbocycles. The molecule has 12 N–H and O–H groups in total. The molecule has 16 nitrogen and oxygen atoms in total. The summed E-state index contributed by atoms with van der Waals surface area (Å²) in [6, 6.07) is -1.27. The highest BCUT2D eigenvalue weighted by Gasteiger charge is 2.45. The van der Waals surface area contributed by atoms with Gasteiger partial charge < -0.3 is 61.8 Å². The Kier molecular flexibility index (Phi) is 15.9. The number of ether oxygens (including phenoxy) is 2. The minimum Gasteiger partial charge on any atom is -0.394 e. The third-order valence-corrected chi connectivity index (χ3v) is 9.32. The normalized spacial score (nSPS) is 34.1. The Bertz CT molecular complexity index is 819. The zero-order valence-corrected chi connectivity index (χ0v) is 24.6. The average molecular weight is 646 g/mol. The number of thioether (sulfide) groups is 2. The van der Waals surface area contributed by atoms with Crippen LogP contribution in [-0.4, -0.2) is 160 Å². The number of rotatable bonds is 16. The van der Waals surface area contributed by atoms with Crippen molar-refractivity contribution >= 4 is 41.2 Å². The number of aliphatic hydroxyl groups is 8. The number of primary amides is 1. The van der Waals surface area contributed by atoms with Crippen LogP contribution < -0.4 is 11.5 Å². The molecule has 0 spiro atoms. The number of carbonyl (C=O) groups excluding carboxylic acids is 3. The molecule has 0 unspecified atom stereocenters. The molecule has 2 heterocycles. The van der Waals surface area contributed by atoms with E-state index in [0.29, 0.717) is 19.4 Å². The molecule has 0 bridgehead atoms. The molecule has 2 rings (SSSR count). The van der Waals surface area contributed by atoms with E-state index in [0.717, 1.165) is 28.4 Å². The summed E-state index contributed by atoms with van der Waals surface area (Å²) in [6.07, 6.45) is -11.2. The third kappa shape index (κ3) is 9.68. The van der Waals surface area contributed by atoms with Crippen molar-refractivity contribution in [2.45, 2.75) is 97.8 Å². The average Bonchev–Trinajstić information content (AvgIpc) is 2.96. The van der Waals surface area contributed by atoms with Crippen LogP contribution in [0.3, 0.4) is 0 Å². The highest BCUT2D eigenvalue weighted by Crippen LogP contribution is 2.30. The predicted octanol–water partition coefficient (Wildman–Crippen LogP) is -4.83. The van der Waals surface area contributed by atoms with E-state index >= 15 is 0 Å². The number of nitrogens with two attached hydrogens (primary N) is 2. The van der Waals surface area contributed by atoms with Gasteiger partial charge in [-0.05, 0) is 25.8 Å². The minimum atomic E-state index is -1.59. The Hall–Kier alpha value is -1.13. The lowest BCUT2D eigenvalue weighted by Crippen LogP contribution is -2.57. The van der Waals surface area contributed by atoms with E-state index in [-0.39, 0.29) is 30.8 Å². The van der Waals surface area contributed by atoms with Crippen LogP contribution in [0.4, 0.5) is 0 Å². The molecule has 2 saturated heterocycles. The van der Waals surface area contributed by atoms with E-state index < -0.39 is 96.7 Å². The van der Waals surface area contributed by atoms with Gasteiger partial charge >= 0.3 is 0 Å². The van der Waals surface area contributed by atoms with Crippen LogP contribution >= 0.6 is 23.5 Å². The van der Waals surface area contributed by atoms with Gasteiger partial charge in [-0.15, -0.1) is 23.5 Å². The van der Waals surface area contributed by atoms with Crippen LogP contribution in [-0.2, 0) is 23.9 Å². The molecule has 42 heavy (non-hydrogen) atoms. The van der Waals surface area contributed by atoms with E-state index in [2.05, 4.69) is 0 Å². The largest absolute Gasteiger partial charge is 0.394 e. The molecule has 0 aliphatic carbocycles. The van der Waals surface area contributed by atoms with Gasteiger partial charge in [0.15, 0.2) is 0 Å². The highest BCUT2D eigenvalue weighted by molar-refractivity contribution is 8.00. The van der Waals surface area contributed by atoms with Gasteiger partial charge in [0.05, 0.1) is 13.2 Å². The van der Waals surface area contributed by atoms with Gasteiger partial charge in [0.25, 0.3) is 0 Å². The lowest BCUT2D eigenvalue weighted by molar-refractivity contribution is -0.205. The molecule has 0 aromatic rings. The summed E-state index contributed by atoms with van der Waals surface area (Å²) in [5, 5.41) is 79.0. The fourth-order valence-corrected chi connectivity index (χ4v) is 6.75. The Morgan fingerprint density at radius 2 is 1.14 bits per heavy atom. The fourth-order valence-electron chi connectivity index (χ4n) is 4.54.